The first-order chi connectivity index (χ1) is 8.35. The number of aromatic nitrogens is 2. The zero-order chi connectivity index (χ0) is 13.8. The molecule has 0 amide bonds. The first-order valence-corrected chi connectivity index (χ1v) is 7.69. The van der Waals surface area contributed by atoms with Gasteiger partial charge in [0.25, 0.3) is 0 Å². The zero-order valence-electron chi connectivity index (χ0n) is 11.4. The van der Waals surface area contributed by atoms with Gasteiger partial charge in [0.2, 0.25) is 10.0 Å². The van der Waals surface area contributed by atoms with Gasteiger partial charge in [-0.05, 0) is 25.9 Å². The molecule has 0 spiro atoms. The summed E-state index contributed by atoms with van der Waals surface area (Å²) in [5.74, 6) is 0.293. The molecule has 0 saturated carbocycles. The number of hydrogen-bond donors (Lipinski definition) is 2. The summed E-state index contributed by atoms with van der Waals surface area (Å²) in [5.41, 5.74) is 1.35. The average Bonchev–Trinajstić information content (AvgIpc) is 2.58. The fraction of sp³-hybridized carbons (Fsp3) is 0.727. The van der Waals surface area contributed by atoms with Crippen LogP contribution in [0.2, 0.25) is 0 Å². The van der Waals surface area contributed by atoms with Crippen LogP contribution in [0.25, 0.3) is 0 Å². The van der Waals surface area contributed by atoms with E-state index in [0.29, 0.717) is 18.7 Å². The third-order valence-electron chi connectivity index (χ3n) is 2.51. The van der Waals surface area contributed by atoms with E-state index in [1.807, 2.05) is 13.8 Å². The van der Waals surface area contributed by atoms with E-state index >= 15 is 0 Å². The Balaban J connectivity index is 2.77. The second-order valence-electron chi connectivity index (χ2n) is 4.63. The molecular weight excluding hydrogens is 252 g/mol. The van der Waals surface area contributed by atoms with Gasteiger partial charge in [-0.1, -0.05) is 13.8 Å². The van der Waals surface area contributed by atoms with Gasteiger partial charge in [0.15, 0.2) is 0 Å². The second kappa shape index (κ2) is 6.19. The van der Waals surface area contributed by atoms with E-state index in [2.05, 4.69) is 15.1 Å². The van der Waals surface area contributed by atoms with Crippen molar-refractivity contribution in [1.82, 2.24) is 15.1 Å². The van der Waals surface area contributed by atoms with Crippen molar-refractivity contribution in [3.8, 4) is 0 Å². The standard InChI is InChI=1S/C11H22N4O2S/c1-9(2)11-10(8-15(4)13-11)14-18(16,17)7-5-6-12-3/h8-9,12,14H,5-7H2,1-4H3. The highest BCUT2D eigenvalue weighted by atomic mass is 32.2. The molecule has 104 valence electrons. The van der Waals surface area contributed by atoms with Gasteiger partial charge >= 0.3 is 0 Å². The quantitative estimate of drug-likeness (QED) is 0.724. The molecule has 1 rings (SSSR count). The van der Waals surface area contributed by atoms with E-state index in [9.17, 15) is 8.42 Å². The number of hydrogen-bond acceptors (Lipinski definition) is 4. The van der Waals surface area contributed by atoms with Crippen LogP contribution < -0.4 is 10.0 Å². The highest BCUT2D eigenvalue weighted by molar-refractivity contribution is 7.92. The van der Waals surface area contributed by atoms with Crippen LogP contribution in [0.15, 0.2) is 6.20 Å². The summed E-state index contributed by atoms with van der Waals surface area (Å²) in [6.07, 6.45) is 2.29. The van der Waals surface area contributed by atoms with Crippen LogP contribution in [0.4, 0.5) is 5.69 Å². The number of nitrogens with one attached hydrogen (secondary N) is 2. The Morgan fingerprint density at radius 2 is 2.11 bits per heavy atom. The zero-order valence-corrected chi connectivity index (χ0v) is 12.2. The normalized spacial score (nSPS) is 12.1. The molecule has 7 heteroatoms. The minimum atomic E-state index is -3.29. The van der Waals surface area contributed by atoms with Crippen LogP contribution in [-0.2, 0) is 17.1 Å². The van der Waals surface area contributed by atoms with E-state index in [-0.39, 0.29) is 11.7 Å². The highest BCUT2D eigenvalue weighted by Gasteiger charge is 2.17. The SMILES string of the molecule is CNCCCS(=O)(=O)Nc1cn(C)nc1C(C)C. The van der Waals surface area contributed by atoms with Crippen molar-refractivity contribution in [3.05, 3.63) is 11.9 Å². The minimum Gasteiger partial charge on any atom is -0.320 e. The van der Waals surface area contributed by atoms with Crippen molar-refractivity contribution in [2.45, 2.75) is 26.2 Å². The fourth-order valence-electron chi connectivity index (χ4n) is 1.67. The van der Waals surface area contributed by atoms with Gasteiger partial charge in [-0.3, -0.25) is 9.40 Å². The average molecular weight is 274 g/mol. The molecule has 1 aromatic heterocycles. The summed E-state index contributed by atoms with van der Waals surface area (Å²) < 4.78 is 28.0. The van der Waals surface area contributed by atoms with Crippen LogP contribution in [0.3, 0.4) is 0 Å². The van der Waals surface area contributed by atoms with Crippen molar-refractivity contribution in [2.75, 3.05) is 24.1 Å². The van der Waals surface area contributed by atoms with Gasteiger partial charge in [-0.25, -0.2) is 8.42 Å². The van der Waals surface area contributed by atoms with Gasteiger partial charge in [0.1, 0.15) is 0 Å². The number of nitrogens with zero attached hydrogens (tertiary/aromatic N) is 2. The Hall–Kier alpha value is -1.08. The Bertz CT molecular complexity index is 479. The Morgan fingerprint density at radius 3 is 2.67 bits per heavy atom. The molecule has 0 aliphatic carbocycles. The van der Waals surface area contributed by atoms with Crippen molar-refractivity contribution in [2.24, 2.45) is 7.05 Å². The van der Waals surface area contributed by atoms with Gasteiger partial charge in [-0.15, -0.1) is 0 Å². The molecule has 0 unspecified atom stereocenters. The van der Waals surface area contributed by atoms with Gasteiger partial charge in [0.05, 0.1) is 17.1 Å². The summed E-state index contributed by atoms with van der Waals surface area (Å²) in [4.78, 5) is 0. The Morgan fingerprint density at radius 1 is 1.44 bits per heavy atom. The summed E-state index contributed by atoms with van der Waals surface area (Å²) in [6.45, 7) is 4.66. The van der Waals surface area contributed by atoms with Crippen molar-refractivity contribution in [1.29, 1.82) is 0 Å². The van der Waals surface area contributed by atoms with Crippen LogP contribution in [0, 0.1) is 0 Å². The molecule has 0 atom stereocenters. The molecule has 1 heterocycles. The summed E-state index contributed by atoms with van der Waals surface area (Å²) >= 11 is 0. The summed E-state index contributed by atoms with van der Waals surface area (Å²) in [5, 5.41) is 7.20. The van der Waals surface area contributed by atoms with E-state index in [1.165, 1.54) is 0 Å². The highest BCUT2D eigenvalue weighted by Crippen LogP contribution is 2.23. The molecule has 0 saturated heterocycles. The topological polar surface area (TPSA) is 76.0 Å². The maximum atomic E-state index is 11.9. The van der Waals surface area contributed by atoms with E-state index in [0.717, 1.165) is 5.69 Å². The van der Waals surface area contributed by atoms with E-state index in [1.54, 1.807) is 25.0 Å². The number of rotatable bonds is 7. The van der Waals surface area contributed by atoms with Crippen molar-refractivity contribution in [3.63, 3.8) is 0 Å². The molecule has 0 aliphatic rings. The predicted octanol–water partition coefficient (Wildman–Crippen LogP) is 0.895. The molecule has 6 nitrogen and oxygen atoms in total. The number of sulfonamides is 1. The largest absolute Gasteiger partial charge is 0.320 e. The number of anilines is 1. The maximum absolute atomic E-state index is 11.9. The minimum absolute atomic E-state index is 0.111. The van der Waals surface area contributed by atoms with Gasteiger partial charge in [0, 0.05) is 13.2 Å². The number of aryl methyl sites for hydroxylation is 1. The van der Waals surface area contributed by atoms with Gasteiger partial charge in [-0.2, -0.15) is 5.10 Å². The lowest BCUT2D eigenvalue weighted by Crippen LogP contribution is -2.20. The molecule has 0 bridgehead atoms. The van der Waals surface area contributed by atoms with Crippen LogP contribution in [-0.4, -0.2) is 37.5 Å². The Labute approximate surface area is 109 Å². The van der Waals surface area contributed by atoms with Crippen LogP contribution >= 0.6 is 0 Å². The lowest BCUT2D eigenvalue weighted by atomic mass is 10.1. The maximum Gasteiger partial charge on any atom is 0.232 e. The second-order valence-corrected chi connectivity index (χ2v) is 6.48. The lowest BCUT2D eigenvalue weighted by molar-refractivity contribution is 0.597. The first-order valence-electron chi connectivity index (χ1n) is 6.04. The van der Waals surface area contributed by atoms with Crippen LogP contribution in [0.5, 0.6) is 0 Å². The molecule has 18 heavy (non-hydrogen) atoms. The fourth-order valence-corrected chi connectivity index (χ4v) is 2.79. The van der Waals surface area contributed by atoms with Crippen molar-refractivity contribution >= 4 is 15.7 Å². The van der Waals surface area contributed by atoms with Crippen molar-refractivity contribution < 1.29 is 8.42 Å². The monoisotopic (exact) mass is 274 g/mol. The van der Waals surface area contributed by atoms with Gasteiger partial charge < -0.3 is 5.32 Å². The van der Waals surface area contributed by atoms with E-state index < -0.39 is 10.0 Å². The molecule has 0 radical (unpaired) electrons. The lowest BCUT2D eigenvalue weighted by Gasteiger charge is -2.09. The van der Waals surface area contributed by atoms with Crippen LogP contribution in [0.1, 0.15) is 31.9 Å². The van der Waals surface area contributed by atoms with E-state index in [4.69, 9.17) is 0 Å². The molecule has 0 fully saturated rings. The smallest absolute Gasteiger partial charge is 0.232 e. The first kappa shape index (κ1) is 15.0. The predicted molar refractivity (Wildman–Crippen MR) is 73.3 cm³/mol. The summed E-state index contributed by atoms with van der Waals surface area (Å²) in [7, 11) is 0.293. The molecule has 0 aromatic carbocycles. The summed E-state index contributed by atoms with van der Waals surface area (Å²) in [6, 6.07) is 0. The molecule has 1 aromatic rings. The Kier molecular flexibility index (Phi) is 5.15. The molecule has 2 N–H and O–H groups in total. The third kappa shape index (κ3) is 4.30. The third-order valence-corrected chi connectivity index (χ3v) is 3.87. The molecular formula is C11H22N4O2S. The molecule has 0 aliphatic heterocycles.